The Morgan fingerprint density at radius 1 is 1.36 bits per heavy atom. The van der Waals surface area contributed by atoms with E-state index >= 15 is 0 Å². The van der Waals surface area contributed by atoms with Gasteiger partial charge in [0.25, 0.3) is 5.91 Å². The number of oxazole rings is 1. The third-order valence-electron chi connectivity index (χ3n) is 3.03. The van der Waals surface area contributed by atoms with Crippen molar-refractivity contribution < 1.29 is 23.9 Å². The van der Waals surface area contributed by atoms with Gasteiger partial charge in [-0.1, -0.05) is 0 Å². The van der Waals surface area contributed by atoms with Crippen LogP contribution in [0, 0.1) is 0 Å². The average Bonchev–Trinajstić information content (AvgIpc) is 2.85. The van der Waals surface area contributed by atoms with Crippen molar-refractivity contribution in [1.82, 2.24) is 9.88 Å². The standard InChI is InChI=1S/C14H14N2O5S/c1-16(2)13(18)7-3-4-10-9(5-7)15-12(21-10)8(14(19)20)6-11(17)22/h3-5,8H,6H2,1-2H3,(H,17,22)(H,19,20). The summed E-state index contributed by atoms with van der Waals surface area (Å²) in [4.78, 5) is 39.7. The van der Waals surface area contributed by atoms with E-state index in [-0.39, 0.29) is 18.2 Å². The Morgan fingerprint density at radius 2 is 2.05 bits per heavy atom. The fourth-order valence-corrected chi connectivity index (χ4v) is 2.12. The minimum atomic E-state index is -1.22. The van der Waals surface area contributed by atoms with Gasteiger partial charge in [0, 0.05) is 26.1 Å². The van der Waals surface area contributed by atoms with Gasteiger partial charge in [0.1, 0.15) is 11.4 Å². The molecule has 0 aliphatic carbocycles. The Hall–Kier alpha value is -2.35. The smallest absolute Gasteiger partial charge is 0.316 e. The summed E-state index contributed by atoms with van der Waals surface area (Å²) in [6.07, 6.45) is -0.325. The number of aromatic nitrogens is 1. The van der Waals surface area contributed by atoms with Gasteiger partial charge < -0.3 is 14.4 Å². The number of carboxylic acids is 1. The topological polar surface area (TPSA) is 101 Å². The molecule has 1 unspecified atom stereocenters. The maximum absolute atomic E-state index is 11.9. The van der Waals surface area contributed by atoms with Crippen LogP contribution in [0.2, 0.25) is 0 Å². The number of nitrogens with zero attached hydrogens (tertiary/aromatic N) is 2. The number of benzene rings is 1. The molecule has 1 heterocycles. The first-order valence-electron chi connectivity index (χ1n) is 6.36. The SMILES string of the molecule is CN(C)C(=O)c1ccc2oc(C(CC(=O)S)C(=O)O)nc2c1. The van der Waals surface area contributed by atoms with Crippen molar-refractivity contribution >= 4 is 40.7 Å². The second-order valence-corrected chi connectivity index (χ2v) is 5.42. The third-order valence-corrected chi connectivity index (χ3v) is 3.21. The molecule has 0 radical (unpaired) electrons. The van der Waals surface area contributed by atoms with E-state index in [1.54, 1.807) is 26.2 Å². The highest BCUT2D eigenvalue weighted by molar-refractivity contribution is 7.96. The van der Waals surface area contributed by atoms with Gasteiger partial charge in [0.15, 0.2) is 10.7 Å². The molecular weight excluding hydrogens is 308 g/mol. The van der Waals surface area contributed by atoms with Crippen LogP contribution in [0.3, 0.4) is 0 Å². The van der Waals surface area contributed by atoms with E-state index in [1.165, 1.54) is 11.0 Å². The maximum Gasteiger partial charge on any atom is 0.316 e. The Balaban J connectivity index is 2.43. The predicted molar refractivity (Wildman–Crippen MR) is 81.0 cm³/mol. The molecule has 0 bridgehead atoms. The van der Waals surface area contributed by atoms with Crippen LogP contribution < -0.4 is 0 Å². The summed E-state index contributed by atoms with van der Waals surface area (Å²) >= 11 is 3.59. The molecule has 116 valence electrons. The lowest BCUT2D eigenvalue weighted by molar-refractivity contribution is -0.140. The molecule has 22 heavy (non-hydrogen) atoms. The van der Waals surface area contributed by atoms with Crippen LogP contribution in [0.5, 0.6) is 0 Å². The van der Waals surface area contributed by atoms with Crippen LogP contribution in [0.15, 0.2) is 22.6 Å². The molecule has 1 aromatic carbocycles. The first-order valence-corrected chi connectivity index (χ1v) is 6.81. The molecule has 1 aromatic heterocycles. The Kier molecular flexibility index (Phi) is 4.51. The summed E-state index contributed by atoms with van der Waals surface area (Å²) in [5.74, 6) is -2.71. The normalized spacial score (nSPS) is 12.1. The number of hydrogen-bond acceptors (Lipinski definition) is 5. The van der Waals surface area contributed by atoms with Gasteiger partial charge >= 0.3 is 5.97 Å². The predicted octanol–water partition coefficient (Wildman–Crippen LogP) is 1.54. The van der Waals surface area contributed by atoms with Crippen LogP contribution in [-0.2, 0) is 9.59 Å². The zero-order valence-electron chi connectivity index (χ0n) is 11.9. The average molecular weight is 322 g/mol. The zero-order chi connectivity index (χ0) is 16.4. The van der Waals surface area contributed by atoms with E-state index in [1.807, 2.05) is 0 Å². The van der Waals surface area contributed by atoms with Crippen molar-refractivity contribution in [3.8, 4) is 0 Å². The lowest BCUT2D eigenvalue weighted by Gasteiger charge is -2.09. The summed E-state index contributed by atoms with van der Waals surface area (Å²) in [6.45, 7) is 0. The molecule has 0 spiro atoms. The van der Waals surface area contributed by atoms with Crippen molar-refractivity contribution in [2.75, 3.05) is 14.1 Å². The minimum absolute atomic E-state index is 0.0839. The summed E-state index contributed by atoms with van der Waals surface area (Å²) in [6, 6.07) is 4.63. The molecule has 7 nitrogen and oxygen atoms in total. The molecule has 1 amide bonds. The Bertz CT molecular complexity index is 753. The van der Waals surface area contributed by atoms with Crippen LogP contribution in [-0.4, -0.2) is 46.1 Å². The molecular formula is C14H14N2O5S. The number of carbonyl (C=O) groups is 3. The molecule has 8 heteroatoms. The fourth-order valence-electron chi connectivity index (χ4n) is 1.94. The molecule has 2 rings (SSSR count). The monoisotopic (exact) mass is 322 g/mol. The van der Waals surface area contributed by atoms with Crippen molar-refractivity contribution in [2.24, 2.45) is 0 Å². The zero-order valence-corrected chi connectivity index (χ0v) is 12.8. The molecule has 0 aliphatic heterocycles. The highest BCUT2D eigenvalue weighted by atomic mass is 32.1. The third kappa shape index (κ3) is 3.28. The van der Waals surface area contributed by atoms with Crippen molar-refractivity contribution in [3.63, 3.8) is 0 Å². The van der Waals surface area contributed by atoms with E-state index in [9.17, 15) is 14.4 Å². The van der Waals surface area contributed by atoms with E-state index in [4.69, 9.17) is 9.52 Å². The van der Waals surface area contributed by atoms with Gasteiger partial charge in [0.05, 0.1) is 0 Å². The van der Waals surface area contributed by atoms with Crippen LogP contribution >= 0.6 is 12.6 Å². The van der Waals surface area contributed by atoms with Gasteiger partial charge in [-0.3, -0.25) is 14.4 Å². The molecule has 0 saturated heterocycles. The largest absolute Gasteiger partial charge is 0.481 e. The van der Waals surface area contributed by atoms with Gasteiger partial charge in [-0.25, -0.2) is 4.98 Å². The maximum atomic E-state index is 11.9. The molecule has 0 aliphatic rings. The number of amides is 1. The molecule has 2 aromatic rings. The molecule has 1 N–H and O–H groups in total. The Morgan fingerprint density at radius 3 is 2.59 bits per heavy atom. The summed E-state index contributed by atoms with van der Waals surface area (Å²) in [5, 5.41) is 8.60. The van der Waals surface area contributed by atoms with Crippen LogP contribution in [0.25, 0.3) is 11.1 Å². The van der Waals surface area contributed by atoms with Crippen molar-refractivity contribution in [1.29, 1.82) is 0 Å². The second-order valence-electron chi connectivity index (χ2n) is 4.92. The number of hydrogen-bond donors (Lipinski definition) is 2. The highest BCUT2D eigenvalue weighted by Gasteiger charge is 2.27. The Labute approximate surface area is 131 Å². The van der Waals surface area contributed by atoms with Gasteiger partial charge in [-0.15, -0.1) is 12.6 Å². The quantitative estimate of drug-likeness (QED) is 0.810. The van der Waals surface area contributed by atoms with E-state index in [0.29, 0.717) is 16.7 Å². The number of fused-ring (bicyclic) bond motifs is 1. The number of carboxylic acid groups (broad SMARTS) is 1. The number of rotatable bonds is 5. The first kappa shape index (κ1) is 16.0. The summed E-state index contributed by atoms with van der Waals surface area (Å²) in [7, 11) is 3.25. The van der Waals surface area contributed by atoms with E-state index in [0.717, 1.165) is 0 Å². The van der Waals surface area contributed by atoms with Crippen LogP contribution in [0.1, 0.15) is 28.6 Å². The van der Waals surface area contributed by atoms with Gasteiger partial charge in [0.2, 0.25) is 5.89 Å². The number of aliphatic carboxylic acids is 1. The lowest BCUT2D eigenvalue weighted by atomic mass is 10.1. The minimum Gasteiger partial charge on any atom is -0.481 e. The summed E-state index contributed by atoms with van der Waals surface area (Å²) < 4.78 is 5.38. The lowest BCUT2D eigenvalue weighted by Crippen LogP contribution is -2.21. The fraction of sp³-hybridized carbons (Fsp3) is 0.286. The van der Waals surface area contributed by atoms with E-state index in [2.05, 4.69) is 17.6 Å². The van der Waals surface area contributed by atoms with Crippen molar-refractivity contribution in [3.05, 3.63) is 29.7 Å². The number of carbonyl (C=O) groups excluding carboxylic acids is 2. The molecule has 0 fully saturated rings. The molecule has 0 saturated carbocycles. The first-order chi connectivity index (χ1) is 10.3. The van der Waals surface area contributed by atoms with Gasteiger partial charge in [-0.2, -0.15) is 0 Å². The van der Waals surface area contributed by atoms with Gasteiger partial charge in [-0.05, 0) is 18.2 Å². The summed E-state index contributed by atoms with van der Waals surface area (Å²) in [5.41, 5.74) is 1.12. The van der Waals surface area contributed by atoms with Crippen LogP contribution in [0.4, 0.5) is 0 Å². The van der Waals surface area contributed by atoms with E-state index < -0.39 is 17.0 Å². The molecule has 1 atom stereocenters. The highest BCUT2D eigenvalue weighted by Crippen LogP contribution is 2.26. The number of thiol groups is 1. The van der Waals surface area contributed by atoms with Crippen molar-refractivity contribution in [2.45, 2.75) is 12.3 Å². The second kappa shape index (κ2) is 6.18.